The lowest BCUT2D eigenvalue weighted by Gasteiger charge is -2.19. The Hall–Kier alpha value is -2.86. The first-order chi connectivity index (χ1) is 13.4. The standard InChI is InChI=1S/C21H23ClN4O2/c1-21(2,3)16-4-7-18(8-5-16)27-10-11-28-19-9-6-17(22)12-15(19)13-23-20-24-14-25-26-20/h4-9,12-14H,10-11H2,1-3H3,(H,24,25,26). The lowest BCUT2D eigenvalue weighted by atomic mass is 9.87. The average molecular weight is 399 g/mol. The SMILES string of the molecule is CC(C)(C)c1ccc(OCCOc2ccc(Cl)cc2C=Nc2ncn[nH]2)cc1. The van der Waals surface area contributed by atoms with Crippen molar-refractivity contribution in [2.45, 2.75) is 26.2 Å². The maximum Gasteiger partial charge on any atom is 0.245 e. The molecule has 0 aliphatic rings. The van der Waals surface area contributed by atoms with Crippen LogP contribution in [0.25, 0.3) is 0 Å². The first-order valence-corrected chi connectivity index (χ1v) is 9.35. The van der Waals surface area contributed by atoms with Crippen LogP contribution in [-0.4, -0.2) is 34.6 Å². The number of H-pyrrole nitrogens is 1. The van der Waals surface area contributed by atoms with Gasteiger partial charge in [0.2, 0.25) is 5.95 Å². The third-order valence-corrected chi connectivity index (χ3v) is 4.27. The molecule has 0 aliphatic carbocycles. The number of benzene rings is 2. The maximum absolute atomic E-state index is 6.09. The van der Waals surface area contributed by atoms with E-state index < -0.39 is 0 Å². The van der Waals surface area contributed by atoms with E-state index in [-0.39, 0.29) is 5.41 Å². The summed E-state index contributed by atoms with van der Waals surface area (Å²) in [5.74, 6) is 1.90. The lowest BCUT2D eigenvalue weighted by molar-refractivity contribution is 0.217. The van der Waals surface area contributed by atoms with Gasteiger partial charge in [-0.25, -0.2) is 10.1 Å². The van der Waals surface area contributed by atoms with Gasteiger partial charge in [-0.1, -0.05) is 44.5 Å². The van der Waals surface area contributed by atoms with Gasteiger partial charge >= 0.3 is 0 Å². The molecular formula is C21H23ClN4O2. The Labute approximate surface area is 169 Å². The van der Waals surface area contributed by atoms with Crippen molar-refractivity contribution in [3.8, 4) is 11.5 Å². The van der Waals surface area contributed by atoms with Crippen LogP contribution in [0.5, 0.6) is 11.5 Å². The number of nitrogens with zero attached hydrogens (tertiary/aromatic N) is 3. The van der Waals surface area contributed by atoms with Gasteiger partial charge in [-0.15, -0.1) is 0 Å². The van der Waals surface area contributed by atoms with E-state index in [1.54, 1.807) is 18.3 Å². The molecule has 6 nitrogen and oxygen atoms in total. The fourth-order valence-corrected chi connectivity index (χ4v) is 2.69. The monoisotopic (exact) mass is 398 g/mol. The zero-order valence-corrected chi connectivity index (χ0v) is 16.9. The molecular weight excluding hydrogens is 376 g/mol. The molecule has 3 rings (SSSR count). The van der Waals surface area contributed by atoms with Crippen LogP contribution in [0.4, 0.5) is 5.95 Å². The van der Waals surface area contributed by atoms with Gasteiger partial charge in [-0.05, 0) is 41.3 Å². The number of aromatic nitrogens is 3. The molecule has 146 valence electrons. The van der Waals surface area contributed by atoms with Crippen molar-refractivity contribution >= 4 is 23.8 Å². The van der Waals surface area contributed by atoms with E-state index in [0.29, 0.717) is 29.9 Å². The zero-order valence-electron chi connectivity index (χ0n) is 16.1. The molecule has 0 saturated carbocycles. The summed E-state index contributed by atoms with van der Waals surface area (Å²) < 4.78 is 11.6. The molecule has 1 aromatic heterocycles. The highest BCUT2D eigenvalue weighted by molar-refractivity contribution is 6.30. The highest BCUT2D eigenvalue weighted by Crippen LogP contribution is 2.25. The highest BCUT2D eigenvalue weighted by Gasteiger charge is 2.13. The van der Waals surface area contributed by atoms with Crippen LogP contribution in [0.1, 0.15) is 31.9 Å². The van der Waals surface area contributed by atoms with Crippen LogP contribution >= 0.6 is 11.6 Å². The third kappa shape index (κ3) is 5.57. The predicted octanol–water partition coefficient (Wildman–Crippen LogP) is 4.96. The largest absolute Gasteiger partial charge is 0.490 e. The van der Waals surface area contributed by atoms with E-state index in [1.807, 2.05) is 18.2 Å². The minimum absolute atomic E-state index is 0.125. The summed E-state index contributed by atoms with van der Waals surface area (Å²) in [7, 11) is 0. The molecule has 0 spiro atoms. The minimum atomic E-state index is 0.125. The summed E-state index contributed by atoms with van der Waals surface area (Å²) in [5, 5.41) is 7.03. The van der Waals surface area contributed by atoms with Gasteiger partial charge in [0.1, 0.15) is 31.0 Å². The second-order valence-corrected chi connectivity index (χ2v) is 7.66. The summed E-state index contributed by atoms with van der Waals surface area (Å²) >= 11 is 6.09. The van der Waals surface area contributed by atoms with Crippen molar-refractivity contribution in [3.05, 3.63) is 64.9 Å². The quantitative estimate of drug-likeness (QED) is 0.450. The van der Waals surface area contributed by atoms with E-state index in [0.717, 1.165) is 11.3 Å². The average Bonchev–Trinajstić information content (AvgIpc) is 3.18. The van der Waals surface area contributed by atoms with Crippen LogP contribution < -0.4 is 9.47 Å². The summed E-state index contributed by atoms with van der Waals surface area (Å²) in [6, 6.07) is 13.5. The van der Waals surface area contributed by atoms with Crippen LogP contribution in [0, 0.1) is 0 Å². The molecule has 0 amide bonds. The van der Waals surface area contributed by atoms with Crippen molar-refractivity contribution in [1.82, 2.24) is 15.2 Å². The number of nitrogens with one attached hydrogen (secondary N) is 1. The Morgan fingerprint density at radius 1 is 1.07 bits per heavy atom. The molecule has 0 aliphatic heterocycles. The van der Waals surface area contributed by atoms with Gasteiger partial charge in [0.25, 0.3) is 0 Å². The number of aliphatic imine (C=N–C) groups is 1. The van der Waals surface area contributed by atoms with Gasteiger partial charge in [0.05, 0.1) is 0 Å². The number of rotatable bonds is 7. The Morgan fingerprint density at radius 2 is 1.82 bits per heavy atom. The second-order valence-electron chi connectivity index (χ2n) is 7.22. The summed E-state index contributed by atoms with van der Waals surface area (Å²) in [6.45, 7) is 7.38. The van der Waals surface area contributed by atoms with E-state index in [2.05, 4.69) is 53.1 Å². The third-order valence-electron chi connectivity index (χ3n) is 4.03. The maximum atomic E-state index is 6.09. The van der Waals surface area contributed by atoms with Crippen molar-refractivity contribution in [2.75, 3.05) is 13.2 Å². The normalized spacial score (nSPS) is 11.7. The Morgan fingerprint density at radius 3 is 2.50 bits per heavy atom. The molecule has 2 aromatic carbocycles. The molecule has 1 N–H and O–H groups in total. The van der Waals surface area contributed by atoms with Crippen LogP contribution in [0.15, 0.2) is 53.8 Å². The fraction of sp³-hybridized carbons (Fsp3) is 0.286. The minimum Gasteiger partial charge on any atom is -0.490 e. The Bertz CT molecular complexity index is 917. The van der Waals surface area contributed by atoms with Gasteiger partial charge in [0.15, 0.2) is 0 Å². The number of aromatic amines is 1. The van der Waals surface area contributed by atoms with Crippen LogP contribution in [-0.2, 0) is 5.41 Å². The molecule has 0 unspecified atom stereocenters. The Balaban J connectivity index is 1.56. The topological polar surface area (TPSA) is 72.4 Å². The molecule has 28 heavy (non-hydrogen) atoms. The van der Waals surface area contributed by atoms with Gasteiger partial charge < -0.3 is 9.47 Å². The lowest BCUT2D eigenvalue weighted by Crippen LogP contribution is -2.12. The molecule has 1 heterocycles. The van der Waals surface area contributed by atoms with Gasteiger partial charge in [-0.2, -0.15) is 10.1 Å². The van der Waals surface area contributed by atoms with E-state index in [9.17, 15) is 0 Å². The number of ether oxygens (including phenoxy) is 2. The second kappa shape index (κ2) is 8.89. The number of halogens is 1. The summed E-state index contributed by atoms with van der Waals surface area (Å²) in [4.78, 5) is 8.17. The van der Waals surface area contributed by atoms with Crippen LogP contribution in [0.2, 0.25) is 5.02 Å². The van der Waals surface area contributed by atoms with Crippen molar-refractivity contribution in [3.63, 3.8) is 0 Å². The first kappa shape index (κ1) is 19.9. The van der Waals surface area contributed by atoms with Crippen molar-refractivity contribution in [2.24, 2.45) is 4.99 Å². The molecule has 0 fully saturated rings. The molecule has 0 atom stereocenters. The van der Waals surface area contributed by atoms with Gasteiger partial charge in [-0.3, -0.25) is 0 Å². The van der Waals surface area contributed by atoms with E-state index in [4.69, 9.17) is 21.1 Å². The fourth-order valence-electron chi connectivity index (χ4n) is 2.51. The predicted molar refractivity (Wildman–Crippen MR) is 111 cm³/mol. The molecule has 3 aromatic rings. The van der Waals surface area contributed by atoms with Crippen molar-refractivity contribution in [1.29, 1.82) is 0 Å². The van der Waals surface area contributed by atoms with E-state index >= 15 is 0 Å². The van der Waals surface area contributed by atoms with Crippen LogP contribution in [0.3, 0.4) is 0 Å². The molecule has 7 heteroatoms. The molecule has 0 radical (unpaired) electrons. The smallest absolute Gasteiger partial charge is 0.245 e. The molecule has 0 saturated heterocycles. The van der Waals surface area contributed by atoms with Crippen molar-refractivity contribution < 1.29 is 9.47 Å². The Kier molecular flexibility index (Phi) is 6.31. The highest BCUT2D eigenvalue weighted by atomic mass is 35.5. The number of hydrogen-bond donors (Lipinski definition) is 1. The molecule has 0 bridgehead atoms. The summed E-state index contributed by atoms with van der Waals surface area (Å²) in [6.07, 6.45) is 3.03. The summed E-state index contributed by atoms with van der Waals surface area (Å²) in [5.41, 5.74) is 2.14. The number of hydrogen-bond acceptors (Lipinski definition) is 5. The first-order valence-electron chi connectivity index (χ1n) is 8.97. The van der Waals surface area contributed by atoms with Gasteiger partial charge in [0, 0.05) is 16.8 Å². The van der Waals surface area contributed by atoms with E-state index in [1.165, 1.54) is 11.9 Å². The zero-order chi connectivity index (χ0) is 20.0.